The van der Waals surface area contributed by atoms with Crippen LogP contribution in [0, 0.1) is 6.92 Å². The number of carbonyl (C=O) groups excluding carboxylic acids is 1. The van der Waals surface area contributed by atoms with Crippen molar-refractivity contribution >= 4 is 17.0 Å². The van der Waals surface area contributed by atoms with Crippen molar-refractivity contribution < 1.29 is 19.1 Å². The molecule has 1 N–H and O–H groups in total. The summed E-state index contributed by atoms with van der Waals surface area (Å²) in [4.78, 5) is 18.6. The van der Waals surface area contributed by atoms with Gasteiger partial charge in [0.15, 0.2) is 11.3 Å². The Balaban J connectivity index is 1.73. The molecule has 2 aromatic rings. The number of piperidine rings is 1. The zero-order valence-corrected chi connectivity index (χ0v) is 12.8. The molecule has 3 rings (SSSR count). The first-order chi connectivity index (χ1) is 10.5. The van der Waals surface area contributed by atoms with Crippen LogP contribution in [0.25, 0.3) is 11.1 Å². The lowest BCUT2D eigenvalue weighted by Gasteiger charge is -2.37. The second kappa shape index (κ2) is 5.70. The number of rotatable bonds is 3. The molecule has 0 radical (unpaired) electrons. The molecule has 6 nitrogen and oxygen atoms in total. The first-order valence-corrected chi connectivity index (χ1v) is 7.38. The molecule has 1 aliphatic rings. The van der Waals surface area contributed by atoms with E-state index in [2.05, 4.69) is 4.98 Å². The molecular formula is C16H20N2O4. The van der Waals surface area contributed by atoms with E-state index in [-0.39, 0.29) is 5.91 Å². The van der Waals surface area contributed by atoms with Crippen molar-refractivity contribution in [3.63, 3.8) is 0 Å². The number of furan rings is 1. The highest BCUT2D eigenvalue weighted by atomic mass is 16.5. The number of hydrogen-bond acceptors (Lipinski definition) is 5. The lowest BCUT2D eigenvalue weighted by Crippen LogP contribution is -2.48. The Morgan fingerprint density at radius 1 is 1.45 bits per heavy atom. The summed E-state index contributed by atoms with van der Waals surface area (Å²) in [5.74, 6) is 0.139. The van der Waals surface area contributed by atoms with Gasteiger partial charge in [-0.05, 0) is 31.9 Å². The van der Waals surface area contributed by atoms with Gasteiger partial charge in [0.25, 0.3) is 5.91 Å². The fraction of sp³-hybridized carbons (Fsp3) is 0.500. The van der Waals surface area contributed by atoms with Crippen molar-refractivity contribution in [3.05, 3.63) is 29.7 Å². The van der Waals surface area contributed by atoms with Crippen LogP contribution in [-0.4, -0.2) is 53.3 Å². The first-order valence-electron chi connectivity index (χ1n) is 7.38. The Labute approximate surface area is 128 Å². The van der Waals surface area contributed by atoms with Crippen LogP contribution in [0.15, 0.2) is 22.6 Å². The summed E-state index contributed by atoms with van der Waals surface area (Å²) in [5.41, 5.74) is 1.35. The van der Waals surface area contributed by atoms with Crippen molar-refractivity contribution in [1.82, 2.24) is 9.88 Å². The molecule has 0 atom stereocenters. The molecule has 0 aromatic carbocycles. The Bertz CT molecular complexity index is 687. The van der Waals surface area contributed by atoms with E-state index in [9.17, 15) is 9.90 Å². The van der Waals surface area contributed by atoms with Gasteiger partial charge in [-0.3, -0.25) is 4.79 Å². The highest BCUT2D eigenvalue weighted by Crippen LogP contribution is 2.25. The maximum absolute atomic E-state index is 12.5. The third kappa shape index (κ3) is 2.84. The van der Waals surface area contributed by atoms with Gasteiger partial charge in [-0.15, -0.1) is 0 Å². The predicted octanol–water partition coefficient (Wildman–Crippen LogP) is 1.75. The molecule has 2 aromatic heterocycles. The number of ether oxygens (including phenoxy) is 1. The van der Waals surface area contributed by atoms with E-state index in [0.717, 1.165) is 5.69 Å². The summed E-state index contributed by atoms with van der Waals surface area (Å²) in [7, 11) is 1.57. The topological polar surface area (TPSA) is 75.8 Å². The Morgan fingerprint density at radius 2 is 2.18 bits per heavy atom. The van der Waals surface area contributed by atoms with E-state index in [1.54, 1.807) is 18.1 Å². The van der Waals surface area contributed by atoms with Crippen molar-refractivity contribution in [2.45, 2.75) is 25.4 Å². The Hall–Kier alpha value is -1.92. The van der Waals surface area contributed by atoms with Crippen LogP contribution in [0.1, 0.15) is 29.1 Å². The predicted molar refractivity (Wildman–Crippen MR) is 80.7 cm³/mol. The number of amides is 1. The van der Waals surface area contributed by atoms with Gasteiger partial charge in [0, 0.05) is 32.0 Å². The average molecular weight is 304 g/mol. The number of hydrogen-bond donors (Lipinski definition) is 1. The van der Waals surface area contributed by atoms with Gasteiger partial charge in [-0.25, -0.2) is 4.98 Å². The number of pyridine rings is 1. The van der Waals surface area contributed by atoms with Gasteiger partial charge in [-0.1, -0.05) is 0 Å². The number of aryl methyl sites for hydroxylation is 1. The Morgan fingerprint density at radius 3 is 2.86 bits per heavy atom. The standard InChI is InChI=1S/C16H20N2O4/c1-11-3-4-13-12(17-11)9-14(22-13)15(19)18-7-5-16(20,6-8-18)10-21-2/h3-4,9,20H,5-8,10H2,1-2H3. The second-order valence-corrected chi connectivity index (χ2v) is 5.90. The molecule has 1 fully saturated rings. The largest absolute Gasteiger partial charge is 0.449 e. The smallest absolute Gasteiger partial charge is 0.289 e. The lowest BCUT2D eigenvalue weighted by molar-refractivity contribution is -0.0665. The highest BCUT2D eigenvalue weighted by molar-refractivity contribution is 5.95. The fourth-order valence-corrected chi connectivity index (χ4v) is 2.83. The molecule has 0 saturated carbocycles. The third-order valence-corrected chi connectivity index (χ3v) is 4.12. The van der Waals surface area contributed by atoms with E-state index < -0.39 is 5.60 Å². The zero-order chi connectivity index (χ0) is 15.7. The zero-order valence-electron chi connectivity index (χ0n) is 12.8. The van der Waals surface area contributed by atoms with Crippen LogP contribution in [0.2, 0.25) is 0 Å². The highest BCUT2D eigenvalue weighted by Gasteiger charge is 2.34. The Kier molecular flexibility index (Phi) is 3.88. The van der Waals surface area contributed by atoms with Crippen LogP contribution >= 0.6 is 0 Å². The fourth-order valence-electron chi connectivity index (χ4n) is 2.83. The maximum atomic E-state index is 12.5. The molecule has 0 spiro atoms. The molecule has 3 heterocycles. The van der Waals surface area contributed by atoms with E-state index in [1.165, 1.54) is 0 Å². The normalized spacial score (nSPS) is 17.9. The van der Waals surface area contributed by atoms with Gasteiger partial charge >= 0.3 is 0 Å². The minimum atomic E-state index is -0.835. The number of likely N-dealkylation sites (tertiary alicyclic amines) is 1. The molecular weight excluding hydrogens is 284 g/mol. The summed E-state index contributed by atoms with van der Waals surface area (Å²) in [5, 5.41) is 10.3. The summed E-state index contributed by atoms with van der Waals surface area (Å²) >= 11 is 0. The minimum absolute atomic E-state index is 0.157. The quantitative estimate of drug-likeness (QED) is 0.935. The number of aliphatic hydroxyl groups is 1. The number of carbonyl (C=O) groups is 1. The van der Waals surface area contributed by atoms with Crippen molar-refractivity contribution in [2.75, 3.05) is 26.8 Å². The number of methoxy groups -OCH3 is 1. The third-order valence-electron chi connectivity index (χ3n) is 4.12. The number of aromatic nitrogens is 1. The summed E-state index contributed by atoms with van der Waals surface area (Å²) in [6.45, 7) is 3.17. The van der Waals surface area contributed by atoms with E-state index >= 15 is 0 Å². The van der Waals surface area contributed by atoms with Gasteiger partial charge in [0.2, 0.25) is 0 Å². The van der Waals surface area contributed by atoms with Crippen LogP contribution in [0.3, 0.4) is 0 Å². The van der Waals surface area contributed by atoms with Crippen LogP contribution in [-0.2, 0) is 4.74 Å². The minimum Gasteiger partial charge on any atom is -0.449 e. The van der Waals surface area contributed by atoms with Gasteiger partial charge < -0.3 is 19.2 Å². The van der Waals surface area contributed by atoms with Gasteiger partial charge in [0.1, 0.15) is 5.52 Å². The van der Waals surface area contributed by atoms with Crippen LogP contribution < -0.4 is 0 Å². The number of fused-ring (bicyclic) bond motifs is 1. The second-order valence-electron chi connectivity index (χ2n) is 5.90. The van der Waals surface area contributed by atoms with E-state index in [0.29, 0.717) is 49.4 Å². The molecule has 1 amide bonds. The molecule has 0 aliphatic carbocycles. The molecule has 118 valence electrons. The maximum Gasteiger partial charge on any atom is 0.289 e. The van der Waals surface area contributed by atoms with Gasteiger partial charge in [-0.2, -0.15) is 0 Å². The van der Waals surface area contributed by atoms with Crippen molar-refractivity contribution in [2.24, 2.45) is 0 Å². The van der Waals surface area contributed by atoms with Crippen molar-refractivity contribution in [1.29, 1.82) is 0 Å². The van der Waals surface area contributed by atoms with E-state index in [4.69, 9.17) is 9.15 Å². The first kappa shape index (κ1) is 15.0. The average Bonchev–Trinajstić information content (AvgIpc) is 2.90. The van der Waals surface area contributed by atoms with E-state index in [1.807, 2.05) is 19.1 Å². The van der Waals surface area contributed by atoms with Crippen LogP contribution in [0.5, 0.6) is 0 Å². The molecule has 6 heteroatoms. The van der Waals surface area contributed by atoms with Crippen molar-refractivity contribution in [3.8, 4) is 0 Å². The SMILES string of the molecule is COCC1(O)CCN(C(=O)c2cc3nc(C)ccc3o2)CC1. The van der Waals surface area contributed by atoms with Gasteiger partial charge in [0.05, 0.1) is 12.2 Å². The summed E-state index contributed by atoms with van der Waals surface area (Å²) < 4.78 is 10.6. The monoisotopic (exact) mass is 304 g/mol. The van der Waals surface area contributed by atoms with Crippen LogP contribution in [0.4, 0.5) is 0 Å². The summed E-state index contributed by atoms with van der Waals surface area (Å²) in [6, 6.07) is 5.36. The molecule has 1 saturated heterocycles. The summed E-state index contributed by atoms with van der Waals surface area (Å²) in [6.07, 6.45) is 1.01. The molecule has 1 aliphatic heterocycles. The molecule has 0 bridgehead atoms. The number of nitrogens with zero attached hydrogens (tertiary/aromatic N) is 2. The lowest BCUT2D eigenvalue weighted by atomic mass is 9.92. The molecule has 22 heavy (non-hydrogen) atoms. The molecule has 0 unspecified atom stereocenters.